The van der Waals surface area contributed by atoms with Crippen molar-refractivity contribution in [2.45, 2.75) is 30.7 Å². The van der Waals surface area contributed by atoms with Crippen LogP contribution in [0, 0.1) is 0 Å². The normalized spacial score (nSPS) is 33.8. The lowest BCUT2D eigenvalue weighted by Crippen LogP contribution is -2.60. The largest absolute Gasteiger partial charge is 0.493 e. The van der Waals surface area contributed by atoms with Gasteiger partial charge in [0, 0.05) is 0 Å². The van der Waals surface area contributed by atoms with Gasteiger partial charge in [-0.2, -0.15) is 0 Å². The van der Waals surface area contributed by atoms with Crippen molar-refractivity contribution in [1.29, 1.82) is 0 Å². The zero-order valence-corrected chi connectivity index (χ0v) is 10.9. The molecule has 20 heavy (non-hydrogen) atoms. The Morgan fingerprint density at radius 3 is 2.35 bits per heavy atom. The maximum absolute atomic E-state index is 9.97. The third-order valence-corrected chi connectivity index (χ3v) is 3.17. The lowest BCUT2D eigenvalue weighted by molar-refractivity contribution is -0.280. The van der Waals surface area contributed by atoms with Crippen LogP contribution in [-0.2, 0) is 4.74 Å². The van der Waals surface area contributed by atoms with Crippen LogP contribution in [0.1, 0.15) is 0 Å². The molecule has 0 radical (unpaired) electrons. The van der Waals surface area contributed by atoms with Gasteiger partial charge in [-0.1, -0.05) is 12.1 Å². The molecule has 1 aliphatic heterocycles. The van der Waals surface area contributed by atoms with Gasteiger partial charge in [-0.3, -0.25) is 0 Å². The van der Waals surface area contributed by atoms with E-state index in [9.17, 15) is 15.3 Å². The van der Waals surface area contributed by atoms with Crippen LogP contribution in [0.3, 0.4) is 0 Å². The Bertz CT molecular complexity index is 438. The van der Waals surface area contributed by atoms with E-state index in [4.69, 9.17) is 19.3 Å². The highest BCUT2D eigenvalue weighted by molar-refractivity contribution is 5.39. The third kappa shape index (κ3) is 2.87. The molecular weight excluding hydrogens is 268 g/mol. The first-order valence-corrected chi connectivity index (χ1v) is 6.18. The van der Waals surface area contributed by atoms with E-state index >= 15 is 0 Å². The zero-order chi connectivity index (χ0) is 14.7. The van der Waals surface area contributed by atoms with Crippen LogP contribution in [0.4, 0.5) is 0 Å². The fourth-order valence-corrected chi connectivity index (χ4v) is 2.06. The van der Waals surface area contributed by atoms with E-state index in [1.165, 1.54) is 7.11 Å². The van der Waals surface area contributed by atoms with E-state index in [1.54, 1.807) is 24.3 Å². The van der Waals surface area contributed by atoms with E-state index in [1.807, 2.05) is 0 Å². The molecule has 112 valence electrons. The van der Waals surface area contributed by atoms with Crippen LogP contribution in [0.25, 0.3) is 0 Å². The molecule has 1 aromatic rings. The third-order valence-electron chi connectivity index (χ3n) is 3.17. The molecule has 7 nitrogen and oxygen atoms in total. The van der Waals surface area contributed by atoms with E-state index < -0.39 is 37.3 Å². The molecule has 0 aromatic heterocycles. The van der Waals surface area contributed by atoms with Crippen molar-refractivity contribution in [2.75, 3.05) is 13.7 Å². The quantitative estimate of drug-likeness (QED) is 0.555. The Kier molecular flexibility index (Phi) is 4.79. The average molecular weight is 286 g/mol. The Balaban J connectivity index is 2.16. The van der Waals surface area contributed by atoms with Gasteiger partial charge in [0.2, 0.25) is 0 Å². The Hall–Kier alpha value is -1.38. The molecule has 0 aliphatic carbocycles. The lowest BCUT2D eigenvalue weighted by Gasteiger charge is -2.39. The van der Waals surface area contributed by atoms with Gasteiger partial charge in [0.25, 0.3) is 0 Å². The SMILES string of the molecule is COc1ccccc1O[C@@H]1[C@@H](O)[C@H](O)[C@@H](CO)O[C@@H]1O. The Labute approximate surface area is 115 Å². The van der Waals surface area contributed by atoms with Crippen molar-refractivity contribution in [3.63, 3.8) is 0 Å². The fraction of sp³-hybridized carbons (Fsp3) is 0.538. The fourth-order valence-electron chi connectivity index (χ4n) is 2.06. The minimum atomic E-state index is -1.48. The van der Waals surface area contributed by atoms with Gasteiger partial charge in [0.05, 0.1) is 13.7 Å². The van der Waals surface area contributed by atoms with Gasteiger partial charge in [-0.15, -0.1) is 0 Å². The van der Waals surface area contributed by atoms with Crippen LogP contribution in [0.15, 0.2) is 24.3 Å². The molecule has 1 fully saturated rings. The van der Waals surface area contributed by atoms with E-state index in [0.717, 1.165) is 0 Å². The molecule has 0 spiro atoms. The monoisotopic (exact) mass is 286 g/mol. The first-order chi connectivity index (χ1) is 9.58. The second kappa shape index (κ2) is 6.38. The summed E-state index contributed by atoms with van der Waals surface area (Å²) in [6.07, 6.45) is -6.49. The standard InChI is InChI=1S/C13H18O7/c1-18-7-4-2-3-5-8(7)19-12-11(16)10(15)9(6-14)20-13(12)17/h2-5,9-17H,6H2,1H3/t9-,10-,11+,12-,13+/m1/s1. The second-order valence-corrected chi connectivity index (χ2v) is 4.46. The summed E-state index contributed by atoms with van der Waals surface area (Å²) in [6, 6.07) is 6.70. The van der Waals surface area contributed by atoms with E-state index in [0.29, 0.717) is 11.5 Å². The van der Waals surface area contributed by atoms with Gasteiger partial charge in [-0.25, -0.2) is 0 Å². The van der Waals surface area contributed by atoms with Crippen molar-refractivity contribution >= 4 is 0 Å². The van der Waals surface area contributed by atoms with E-state index in [-0.39, 0.29) is 0 Å². The molecule has 0 saturated carbocycles. The first kappa shape index (κ1) is 15.0. The van der Waals surface area contributed by atoms with Gasteiger partial charge in [0.1, 0.15) is 18.3 Å². The first-order valence-electron chi connectivity index (χ1n) is 6.18. The predicted molar refractivity (Wildman–Crippen MR) is 67.4 cm³/mol. The van der Waals surface area contributed by atoms with Crippen LogP contribution in [0.2, 0.25) is 0 Å². The van der Waals surface area contributed by atoms with Crippen molar-refractivity contribution in [3.8, 4) is 11.5 Å². The molecular formula is C13H18O7. The highest BCUT2D eigenvalue weighted by atomic mass is 16.7. The number of methoxy groups -OCH3 is 1. The van der Waals surface area contributed by atoms with Crippen LogP contribution < -0.4 is 9.47 Å². The van der Waals surface area contributed by atoms with Gasteiger partial charge in [0.15, 0.2) is 23.9 Å². The number of rotatable bonds is 4. The van der Waals surface area contributed by atoms with Crippen LogP contribution in [0.5, 0.6) is 11.5 Å². The summed E-state index contributed by atoms with van der Waals surface area (Å²) >= 11 is 0. The van der Waals surface area contributed by atoms with Crippen molar-refractivity contribution in [1.82, 2.24) is 0 Å². The molecule has 7 heteroatoms. The highest BCUT2D eigenvalue weighted by Crippen LogP contribution is 2.30. The molecule has 1 heterocycles. The summed E-state index contributed by atoms with van der Waals surface area (Å²) < 4.78 is 15.6. The number of para-hydroxylation sites is 2. The van der Waals surface area contributed by atoms with E-state index in [2.05, 4.69) is 0 Å². The molecule has 4 N–H and O–H groups in total. The number of benzene rings is 1. The minimum Gasteiger partial charge on any atom is -0.493 e. The number of hydrogen-bond donors (Lipinski definition) is 4. The summed E-state index contributed by atoms with van der Waals surface area (Å²) in [5, 5.41) is 38.5. The van der Waals surface area contributed by atoms with Crippen molar-refractivity contribution in [3.05, 3.63) is 24.3 Å². The smallest absolute Gasteiger partial charge is 0.195 e. The average Bonchev–Trinajstić information content (AvgIpc) is 2.47. The highest BCUT2D eigenvalue weighted by Gasteiger charge is 2.45. The molecule has 2 rings (SSSR count). The maximum Gasteiger partial charge on any atom is 0.195 e. The number of hydrogen-bond acceptors (Lipinski definition) is 7. The molecule has 1 aromatic carbocycles. The Morgan fingerprint density at radius 1 is 1.10 bits per heavy atom. The lowest BCUT2D eigenvalue weighted by atomic mass is 9.99. The van der Waals surface area contributed by atoms with Crippen molar-refractivity contribution < 1.29 is 34.6 Å². The van der Waals surface area contributed by atoms with Crippen LogP contribution in [-0.4, -0.2) is 64.8 Å². The molecule has 0 amide bonds. The predicted octanol–water partition coefficient (Wildman–Crippen LogP) is -1.13. The number of aliphatic hydroxyl groups excluding tert-OH is 4. The second-order valence-electron chi connectivity index (χ2n) is 4.46. The summed E-state index contributed by atoms with van der Waals surface area (Å²) in [7, 11) is 1.46. The minimum absolute atomic E-state index is 0.302. The summed E-state index contributed by atoms with van der Waals surface area (Å²) in [5.41, 5.74) is 0. The molecule has 0 unspecified atom stereocenters. The number of aliphatic hydroxyl groups is 4. The topological polar surface area (TPSA) is 109 Å². The summed E-state index contributed by atoms with van der Waals surface area (Å²) in [6.45, 7) is -0.517. The van der Waals surface area contributed by atoms with Gasteiger partial charge in [-0.05, 0) is 12.1 Å². The molecule has 5 atom stereocenters. The summed E-state index contributed by atoms with van der Waals surface area (Å²) in [5.74, 6) is 0.724. The molecule has 1 aliphatic rings. The van der Waals surface area contributed by atoms with Crippen molar-refractivity contribution in [2.24, 2.45) is 0 Å². The Morgan fingerprint density at radius 2 is 1.75 bits per heavy atom. The molecule has 1 saturated heterocycles. The van der Waals surface area contributed by atoms with Crippen LogP contribution >= 0.6 is 0 Å². The zero-order valence-electron chi connectivity index (χ0n) is 10.9. The number of ether oxygens (including phenoxy) is 3. The van der Waals surface area contributed by atoms with Gasteiger partial charge >= 0.3 is 0 Å². The van der Waals surface area contributed by atoms with Gasteiger partial charge < -0.3 is 34.6 Å². The molecule has 0 bridgehead atoms. The maximum atomic E-state index is 9.97. The summed E-state index contributed by atoms with van der Waals surface area (Å²) in [4.78, 5) is 0.